The van der Waals surface area contributed by atoms with Crippen molar-refractivity contribution in [3.05, 3.63) is 54.6 Å². The molecule has 0 aromatic heterocycles. The number of carbonyl (C=O) groups excluding carboxylic acids is 2. The maximum Gasteiger partial charge on any atom is 1.00 e. The summed E-state index contributed by atoms with van der Waals surface area (Å²) in [6.07, 6.45) is 2.31. The van der Waals surface area contributed by atoms with Crippen molar-refractivity contribution < 1.29 is 51.2 Å². The van der Waals surface area contributed by atoms with E-state index in [1.165, 1.54) is 22.2 Å². The molecule has 7 heteroatoms. The molecule has 1 aliphatic heterocycles. The summed E-state index contributed by atoms with van der Waals surface area (Å²) < 4.78 is 0. The zero-order chi connectivity index (χ0) is 17.1. The Morgan fingerprint density at radius 2 is 1.42 bits per heavy atom. The first-order valence-electron chi connectivity index (χ1n) is 8.15. The van der Waals surface area contributed by atoms with Crippen LogP contribution < -0.4 is 39.6 Å². The number of unbranched alkanes of at least 4 members (excludes halogenated alkanes) is 1. The summed E-state index contributed by atoms with van der Waals surface area (Å²) in [4.78, 5) is 25.8. The standard InChI is InChI=1S/C19H20N2O3.Na.H2O.H/c1-2-3-9-17-18(23)20(14-7-5-4-6-8-14)21(19(17)24)15-10-12-16(22)13-11-15;;;/h4-8,10-13,17,22H,2-3,9H2,1H3;;1H2;/q;+1;;-1. The van der Waals surface area contributed by atoms with E-state index in [1.807, 2.05) is 25.1 Å². The Hall–Kier alpha value is -1.86. The van der Waals surface area contributed by atoms with Crippen molar-refractivity contribution in [2.24, 2.45) is 5.92 Å². The van der Waals surface area contributed by atoms with Gasteiger partial charge in [0, 0.05) is 0 Å². The van der Waals surface area contributed by atoms with Gasteiger partial charge in [0.05, 0.1) is 11.4 Å². The first-order valence-corrected chi connectivity index (χ1v) is 8.15. The molecule has 1 aliphatic rings. The van der Waals surface area contributed by atoms with Gasteiger partial charge in [-0.1, -0.05) is 38.0 Å². The number of nitrogens with zero attached hydrogens (tertiary/aromatic N) is 2. The monoisotopic (exact) mass is 366 g/mol. The van der Waals surface area contributed by atoms with Crippen molar-refractivity contribution in [3.63, 3.8) is 0 Å². The summed E-state index contributed by atoms with van der Waals surface area (Å²) >= 11 is 0. The van der Waals surface area contributed by atoms with Gasteiger partial charge in [-0.05, 0) is 42.8 Å². The largest absolute Gasteiger partial charge is 1.00 e. The van der Waals surface area contributed by atoms with E-state index in [4.69, 9.17) is 0 Å². The molecule has 0 spiro atoms. The number of hydrogen-bond donors (Lipinski definition) is 1. The predicted molar refractivity (Wildman–Crippen MR) is 97.3 cm³/mol. The maximum absolute atomic E-state index is 12.9. The van der Waals surface area contributed by atoms with Crippen LogP contribution in [0.2, 0.25) is 0 Å². The summed E-state index contributed by atoms with van der Waals surface area (Å²) in [5.74, 6) is -0.958. The Morgan fingerprint density at radius 1 is 0.923 bits per heavy atom. The van der Waals surface area contributed by atoms with E-state index in [9.17, 15) is 14.7 Å². The van der Waals surface area contributed by atoms with Crippen LogP contribution in [0.25, 0.3) is 0 Å². The van der Waals surface area contributed by atoms with Crippen LogP contribution in [0, 0.1) is 5.92 Å². The zero-order valence-corrected chi connectivity index (χ0v) is 17.1. The van der Waals surface area contributed by atoms with Crippen molar-refractivity contribution >= 4 is 23.2 Å². The van der Waals surface area contributed by atoms with E-state index in [0.717, 1.165) is 12.8 Å². The van der Waals surface area contributed by atoms with Crippen LogP contribution in [0.15, 0.2) is 54.6 Å². The summed E-state index contributed by atoms with van der Waals surface area (Å²) in [5.41, 5.74) is 1.22. The first-order chi connectivity index (χ1) is 11.6. The minimum Gasteiger partial charge on any atom is -1.00 e. The molecule has 26 heavy (non-hydrogen) atoms. The molecule has 2 aromatic rings. The number of para-hydroxylation sites is 1. The van der Waals surface area contributed by atoms with Crippen molar-refractivity contribution in [2.75, 3.05) is 10.0 Å². The zero-order valence-electron chi connectivity index (χ0n) is 16.1. The number of phenolic OH excluding ortho intramolecular Hbond substituents is 1. The maximum atomic E-state index is 12.9. The second-order valence-electron chi connectivity index (χ2n) is 5.85. The summed E-state index contributed by atoms with van der Waals surface area (Å²) in [6.45, 7) is 2.04. The normalized spacial score (nSPS) is 16.3. The molecule has 2 amide bonds. The minimum atomic E-state index is -0.654. The molecule has 0 bridgehead atoms. The third-order valence-corrected chi connectivity index (χ3v) is 4.16. The summed E-state index contributed by atoms with van der Waals surface area (Å²) in [7, 11) is 0. The van der Waals surface area contributed by atoms with Crippen molar-refractivity contribution in [1.29, 1.82) is 0 Å². The fourth-order valence-corrected chi connectivity index (χ4v) is 2.90. The Bertz CT molecular complexity index is 743. The molecule has 1 unspecified atom stereocenters. The molecule has 134 valence electrons. The van der Waals surface area contributed by atoms with Crippen LogP contribution in [0.4, 0.5) is 11.4 Å². The Balaban J connectivity index is 0.00000225. The molecular weight excluding hydrogens is 343 g/mol. The summed E-state index contributed by atoms with van der Waals surface area (Å²) in [5, 5.41) is 12.3. The molecule has 0 aliphatic carbocycles. The smallest absolute Gasteiger partial charge is 1.00 e. The topological polar surface area (TPSA) is 92.3 Å². The van der Waals surface area contributed by atoms with E-state index < -0.39 is 5.92 Å². The van der Waals surface area contributed by atoms with Crippen LogP contribution in [0.3, 0.4) is 0 Å². The quantitative estimate of drug-likeness (QED) is 0.586. The van der Waals surface area contributed by atoms with E-state index >= 15 is 0 Å². The van der Waals surface area contributed by atoms with Gasteiger partial charge < -0.3 is 12.0 Å². The molecule has 6 nitrogen and oxygen atoms in total. The Kier molecular flexibility index (Phi) is 8.30. The predicted octanol–water partition coefficient (Wildman–Crippen LogP) is -0.215. The number of rotatable bonds is 5. The Morgan fingerprint density at radius 3 is 1.92 bits per heavy atom. The number of hydrogen-bond acceptors (Lipinski definition) is 3. The molecule has 0 radical (unpaired) electrons. The van der Waals surface area contributed by atoms with Crippen LogP contribution in [-0.4, -0.2) is 22.4 Å². The van der Waals surface area contributed by atoms with Crippen molar-refractivity contribution in [1.82, 2.24) is 0 Å². The summed E-state index contributed by atoms with van der Waals surface area (Å²) in [6, 6.07) is 15.4. The fraction of sp³-hybridized carbons (Fsp3) is 0.263. The van der Waals surface area contributed by atoms with Crippen LogP contribution in [0.5, 0.6) is 5.75 Å². The SMILES string of the molecule is CCCCC1C(=O)N(c2ccccc2)N(c2ccc(O)cc2)C1=O.O.[H-].[Na+]. The molecule has 1 fully saturated rings. The van der Waals surface area contributed by atoms with Gasteiger partial charge in [-0.3, -0.25) is 9.59 Å². The number of carbonyl (C=O) groups is 2. The molecule has 2 aromatic carbocycles. The molecule has 1 heterocycles. The number of hydrazine groups is 1. The molecule has 1 atom stereocenters. The molecular formula is C19H23N2NaO4. The van der Waals surface area contributed by atoms with Crippen molar-refractivity contribution in [2.45, 2.75) is 26.2 Å². The van der Waals surface area contributed by atoms with Crippen LogP contribution in [-0.2, 0) is 9.59 Å². The van der Waals surface area contributed by atoms with Gasteiger partial charge in [0.2, 0.25) is 0 Å². The minimum absolute atomic E-state index is 0. The van der Waals surface area contributed by atoms with E-state index in [0.29, 0.717) is 17.8 Å². The molecule has 1 saturated heterocycles. The number of anilines is 2. The second-order valence-corrected chi connectivity index (χ2v) is 5.85. The van der Waals surface area contributed by atoms with Gasteiger partial charge in [-0.2, -0.15) is 0 Å². The van der Waals surface area contributed by atoms with E-state index in [-0.39, 0.29) is 54.0 Å². The third-order valence-electron chi connectivity index (χ3n) is 4.16. The fourth-order valence-electron chi connectivity index (χ4n) is 2.90. The van der Waals surface area contributed by atoms with Gasteiger partial charge in [0.15, 0.2) is 0 Å². The van der Waals surface area contributed by atoms with E-state index in [1.54, 1.807) is 24.3 Å². The average Bonchev–Trinajstić information content (AvgIpc) is 2.85. The molecule has 3 rings (SSSR count). The molecule has 0 saturated carbocycles. The average molecular weight is 366 g/mol. The van der Waals surface area contributed by atoms with Gasteiger partial charge in [-0.25, -0.2) is 10.0 Å². The van der Waals surface area contributed by atoms with E-state index in [2.05, 4.69) is 0 Å². The third kappa shape index (κ3) is 4.27. The first kappa shape index (κ1) is 22.2. The van der Waals surface area contributed by atoms with Crippen molar-refractivity contribution in [3.8, 4) is 5.75 Å². The number of benzene rings is 2. The second kappa shape index (κ2) is 9.73. The number of aromatic hydroxyl groups is 1. The van der Waals surface area contributed by atoms with Gasteiger partial charge in [0.25, 0.3) is 11.8 Å². The van der Waals surface area contributed by atoms with Crippen LogP contribution in [0.1, 0.15) is 27.6 Å². The van der Waals surface area contributed by atoms with Gasteiger partial charge in [-0.15, -0.1) is 0 Å². The van der Waals surface area contributed by atoms with Gasteiger partial charge in [0.1, 0.15) is 11.7 Å². The Labute approximate surface area is 176 Å². The molecule has 3 N–H and O–H groups in total. The number of amides is 2. The number of phenols is 1. The van der Waals surface area contributed by atoms with Crippen LogP contribution >= 0.6 is 0 Å². The van der Waals surface area contributed by atoms with Gasteiger partial charge >= 0.3 is 29.6 Å².